The zero-order valence-electron chi connectivity index (χ0n) is 12.8. The van der Waals surface area contributed by atoms with Gasteiger partial charge < -0.3 is 9.30 Å². The van der Waals surface area contributed by atoms with Gasteiger partial charge in [0, 0.05) is 12.4 Å². The molecular weight excluding hydrogens is 288 g/mol. The van der Waals surface area contributed by atoms with E-state index in [1.54, 1.807) is 25.8 Å². The molecule has 0 spiro atoms. The van der Waals surface area contributed by atoms with Crippen molar-refractivity contribution in [1.82, 2.24) is 15.0 Å². The van der Waals surface area contributed by atoms with Crippen LogP contribution in [0.1, 0.15) is 17.3 Å². The molecule has 0 fully saturated rings. The highest BCUT2D eigenvalue weighted by atomic mass is 16.5. The smallest absolute Gasteiger partial charge is 0.146 e. The number of nitrogens with one attached hydrogen (secondary N) is 1. The quantitative estimate of drug-likeness (QED) is 0.562. The van der Waals surface area contributed by atoms with Crippen LogP contribution in [0.3, 0.4) is 0 Å². The van der Waals surface area contributed by atoms with Gasteiger partial charge in [-0.2, -0.15) is 5.10 Å². The van der Waals surface area contributed by atoms with Crippen LogP contribution >= 0.6 is 0 Å². The summed E-state index contributed by atoms with van der Waals surface area (Å²) in [5, 5.41) is 4.37. The Morgan fingerprint density at radius 2 is 1.91 bits per heavy atom. The summed E-state index contributed by atoms with van der Waals surface area (Å²) in [6.07, 6.45) is 7.12. The number of nitrogens with zero attached hydrogens (tertiary/aromatic N) is 3. The van der Waals surface area contributed by atoms with Gasteiger partial charge in [-0.1, -0.05) is 30.3 Å². The molecule has 3 aromatic rings. The molecule has 1 unspecified atom stereocenters. The van der Waals surface area contributed by atoms with Crippen molar-refractivity contribution in [1.29, 1.82) is 0 Å². The Labute approximate surface area is 135 Å². The minimum atomic E-state index is -0.104. The average Bonchev–Trinajstić information content (AvgIpc) is 3.14. The van der Waals surface area contributed by atoms with Crippen molar-refractivity contribution in [2.45, 2.75) is 6.17 Å². The summed E-state index contributed by atoms with van der Waals surface area (Å²) in [5.74, 6) is 0.829. The first kappa shape index (κ1) is 14.8. The normalized spacial score (nSPS) is 12.2. The van der Waals surface area contributed by atoms with Crippen LogP contribution in [0.5, 0.6) is 5.75 Å². The van der Waals surface area contributed by atoms with Crippen molar-refractivity contribution < 1.29 is 4.74 Å². The van der Waals surface area contributed by atoms with Crippen molar-refractivity contribution in [3.63, 3.8) is 0 Å². The molecule has 0 aliphatic rings. The van der Waals surface area contributed by atoms with Crippen molar-refractivity contribution >= 4 is 6.21 Å². The molecule has 5 heteroatoms. The lowest BCUT2D eigenvalue weighted by Gasteiger charge is -2.18. The summed E-state index contributed by atoms with van der Waals surface area (Å²) >= 11 is 0. The first-order chi connectivity index (χ1) is 11.4. The van der Waals surface area contributed by atoms with Crippen molar-refractivity contribution in [3.8, 4) is 5.75 Å². The second-order valence-corrected chi connectivity index (χ2v) is 4.98. The maximum Gasteiger partial charge on any atom is 0.146 e. The molecule has 5 nitrogen and oxygen atoms in total. The minimum absolute atomic E-state index is 0.104. The third-order valence-electron chi connectivity index (χ3n) is 3.46. The molecule has 1 aromatic heterocycles. The van der Waals surface area contributed by atoms with Gasteiger partial charge >= 0.3 is 0 Å². The standard InChI is InChI=1S/C18H18N4O/c1-23-17-9-7-15(8-10-17)13-20-21-18(22-12-11-19-14-22)16-5-3-2-4-6-16/h2-14,18,21H,1H3. The molecule has 0 amide bonds. The van der Waals surface area contributed by atoms with Crippen molar-refractivity contribution in [2.24, 2.45) is 5.10 Å². The van der Waals surface area contributed by atoms with Crippen molar-refractivity contribution in [2.75, 3.05) is 7.11 Å². The van der Waals surface area contributed by atoms with Crippen LogP contribution in [0.15, 0.2) is 78.4 Å². The summed E-state index contributed by atoms with van der Waals surface area (Å²) < 4.78 is 7.12. The molecule has 2 aromatic carbocycles. The van der Waals surface area contributed by atoms with Gasteiger partial charge in [0.05, 0.1) is 19.7 Å². The molecule has 23 heavy (non-hydrogen) atoms. The first-order valence-corrected chi connectivity index (χ1v) is 7.32. The average molecular weight is 306 g/mol. The molecule has 0 aliphatic heterocycles. The molecule has 3 rings (SSSR count). The Morgan fingerprint density at radius 1 is 1.13 bits per heavy atom. The Kier molecular flexibility index (Phi) is 4.69. The lowest BCUT2D eigenvalue weighted by Crippen LogP contribution is -2.22. The van der Waals surface area contributed by atoms with E-state index in [-0.39, 0.29) is 6.17 Å². The van der Waals surface area contributed by atoms with E-state index in [2.05, 4.69) is 27.6 Å². The molecule has 0 aliphatic carbocycles. The number of hydrogen-bond donors (Lipinski definition) is 1. The summed E-state index contributed by atoms with van der Waals surface area (Å²) in [6, 6.07) is 17.9. The van der Waals surface area contributed by atoms with Gasteiger partial charge in [0.15, 0.2) is 0 Å². The molecule has 0 saturated heterocycles. The maximum absolute atomic E-state index is 5.15. The summed E-state index contributed by atoms with van der Waals surface area (Å²) in [5.41, 5.74) is 5.28. The predicted molar refractivity (Wildman–Crippen MR) is 90.5 cm³/mol. The Hall–Kier alpha value is -3.08. The van der Waals surface area contributed by atoms with E-state index < -0.39 is 0 Å². The van der Waals surface area contributed by atoms with Gasteiger partial charge in [-0.15, -0.1) is 0 Å². The van der Waals surface area contributed by atoms with Gasteiger partial charge in [0.25, 0.3) is 0 Å². The number of hydrogen-bond acceptors (Lipinski definition) is 4. The largest absolute Gasteiger partial charge is 0.497 e. The Balaban J connectivity index is 1.75. The van der Waals surface area contributed by atoms with Crippen LogP contribution in [0, 0.1) is 0 Å². The van der Waals surface area contributed by atoms with E-state index in [9.17, 15) is 0 Å². The molecule has 116 valence electrons. The second kappa shape index (κ2) is 7.26. The lowest BCUT2D eigenvalue weighted by molar-refractivity contribution is 0.415. The summed E-state index contributed by atoms with van der Waals surface area (Å²) in [7, 11) is 1.65. The zero-order chi connectivity index (χ0) is 15.9. The fourth-order valence-electron chi connectivity index (χ4n) is 2.24. The van der Waals surface area contributed by atoms with Gasteiger partial charge in [-0.3, -0.25) is 5.43 Å². The van der Waals surface area contributed by atoms with E-state index in [1.807, 2.05) is 53.2 Å². The van der Waals surface area contributed by atoms with Crippen LogP contribution in [-0.2, 0) is 0 Å². The van der Waals surface area contributed by atoms with Gasteiger partial charge in [0.1, 0.15) is 11.9 Å². The van der Waals surface area contributed by atoms with Gasteiger partial charge in [-0.25, -0.2) is 4.98 Å². The van der Waals surface area contributed by atoms with Crippen LogP contribution < -0.4 is 10.2 Å². The first-order valence-electron chi connectivity index (χ1n) is 7.32. The third kappa shape index (κ3) is 3.77. The number of ether oxygens (including phenoxy) is 1. The number of rotatable bonds is 6. The van der Waals surface area contributed by atoms with E-state index in [1.165, 1.54) is 0 Å². The highest BCUT2D eigenvalue weighted by Gasteiger charge is 2.10. The van der Waals surface area contributed by atoms with E-state index in [0.29, 0.717) is 0 Å². The Morgan fingerprint density at radius 3 is 2.57 bits per heavy atom. The van der Waals surface area contributed by atoms with Crippen LogP contribution in [0.4, 0.5) is 0 Å². The molecule has 0 bridgehead atoms. The SMILES string of the molecule is COc1ccc(C=NNC(c2ccccc2)n2ccnc2)cc1. The fraction of sp³-hybridized carbons (Fsp3) is 0.111. The van der Waals surface area contributed by atoms with Crippen LogP contribution in [-0.4, -0.2) is 22.9 Å². The van der Waals surface area contributed by atoms with E-state index >= 15 is 0 Å². The molecule has 0 saturated carbocycles. The van der Waals surface area contributed by atoms with E-state index in [4.69, 9.17) is 4.74 Å². The van der Waals surface area contributed by atoms with E-state index in [0.717, 1.165) is 16.9 Å². The van der Waals surface area contributed by atoms with Crippen molar-refractivity contribution in [3.05, 3.63) is 84.4 Å². The van der Waals surface area contributed by atoms with Gasteiger partial charge in [0.2, 0.25) is 0 Å². The molecule has 0 radical (unpaired) electrons. The monoisotopic (exact) mass is 306 g/mol. The second-order valence-electron chi connectivity index (χ2n) is 4.98. The number of methoxy groups -OCH3 is 1. The molecule has 1 N–H and O–H groups in total. The maximum atomic E-state index is 5.15. The van der Waals surface area contributed by atoms with Crippen LogP contribution in [0.25, 0.3) is 0 Å². The summed E-state index contributed by atoms with van der Waals surface area (Å²) in [6.45, 7) is 0. The lowest BCUT2D eigenvalue weighted by atomic mass is 10.2. The molecular formula is C18H18N4O. The number of benzene rings is 2. The third-order valence-corrected chi connectivity index (χ3v) is 3.46. The number of hydrazone groups is 1. The number of imidazole rings is 1. The molecule has 1 atom stereocenters. The minimum Gasteiger partial charge on any atom is -0.497 e. The highest BCUT2D eigenvalue weighted by molar-refractivity contribution is 5.79. The van der Waals surface area contributed by atoms with Gasteiger partial charge in [-0.05, 0) is 35.4 Å². The predicted octanol–water partition coefficient (Wildman–Crippen LogP) is 3.06. The molecule has 1 heterocycles. The Bertz CT molecular complexity index is 736. The number of aromatic nitrogens is 2. The summed E-state index contributed by atoms with van der Waals surface area (Å²) in [4.78, 5) is 4.11. The fourth-order valence-corrected chi connectivity index (χ4v) is 2.24. The zero-order valence-corrected chi connectivity index (χ0v) is 12.8. The van der Waals surface area contributed by atoms with Crippen LogP contribution in [0.2, 0.25) is 0 Å². The highest BCUT2D eigenvalue weighted by Crippen LogP contribution is 2.15. The topological polar surface area (TPSA) is 51.4 Å².